The molecule has 3 nitrogen and oxygen atoms in total. The van der Waals surface area contributed by atoms with Gasteiger partial charge in [0.15, 0.2) is 0 Å². The molecule has 19 heavy (non-hydrogen) atoms. The van der Waals surface area contributed by atoms with Gasteiger partial charge in [-0.15, -0.1) is 0 Å². The smallest absolute Gasteiger partial charge is 0.115 e. The summed E-state index contributed by atoms with van der Waals surface area (Å²) in [5, 5.41) is 9.63. The number of nitrogens with zero attached hydrogens (tertiary/aromatic N) is 2. The number of phenolic OH excluding ortho intramolecular Hbond substituents is 1. The molecule has 1 aliphatic carbocycles. The van der Waals surface area contributed by atoms with Crippen LogP contribution < -0.4 is 0 Å². The second-order valence-corrected chi connectivity index (χ2v) is 5.76. The van der Waals surface area contributed by atoms with E-state index in [1.807, 2.05) is 12.1 Å². The van der Waals surface area contributed by atoms with Gasteiger partial charge in [-0.25, -0.2) is 0 Å². The minimum atomic E-state index is 0.412. The maximum absolute atomic E-state index is 9.63. The summed E-state index contributed by atoms with van der Waals surface area (Å²) in [4.78, 5) is 5.16. The average molecular weight is 260 g/mol. The lowest BCUT2D eigenvalue weighted by Crippen LogP contribution is -2.47. The van der Waals surface area contributed by atoms with Crippen LogP contribution in [0.1, 0.15) is 36.9 Å². The van der Waals surface area contributed by atoms with Crippen molar-refractivity contribution in [3.63, 3.8) is 0 Å². The van der Waals surface area contributed by atoms with Crippen molar-refractivity contribution in [2.45, 2.75) is 32.2 Å². The fourth-order valence-corrected chi connectivity index (χ4v) is 3.55. The van der Waals surface area contributed by atoms with Gasteiger partial charge in [-0.1, -0.05) is 13.0 Å². The Balaban J connectivity index is 1.77. The van der Waals surface area contributed by atoms with E-state index in [1.165, 1.54) is 56.7 Å². The third-order valence-corrected chi connectivity index (χ3v) is 4.70. The largest absolute Gasteiger partial charge is 0.508 e. The number of aryl methyl sites for hydroxylation is 1. The second kappa shape index (κ2) is 5.51. The number of hydrogen-bond donors (Lipinski definition) is 1. The summed E-state index contributed by atoms with van der Waals surface area (Å²) in [7, 11) is 0. The van der Waals surface area contributed by atoms with E-state index >= 15 is 0 Å². The van der Waals surface area contributed by atoms with Gasteiger partial charge in [0.25, 0.3) is 0 Å². The molecule has 0 saturated carbocycles. The molecule has 1 N–H and O–H groups in total. The molecule has 0 spiro atoms. The number of phenols is 1. The predicted octanol–water partition coefficient (Wildman–Crippen LogP) is 2.41. The van der Waals surface area contributed by atoms with Crippen molar-refractivity contribution in [3.8, 4) is 5.75 Å². The van der Waals surface area contributed by atoms with Gasteiger partial charge in [0.1, 0.15) is 5.75 Å². The van der Waals surface area contributed by atoms with Gasteiger partial charge < -0.3 is 10.0 Å². The summed E-state index contributed by atoms with van der Waals surface area (Å²) in [5.74, 6) is 0.412. The molecule has 0 aromatic heterocycles. The van der Waals surface area contributed by atoms with E-state index in [0.29, 0.717) is 11.8 Å². The summed E-state index contributed by atoms with van der Waals surface area (Å²) in [6, 6.07) is 6.52. The van der Waals surface area contributed by atoms with Crippen molar-refractivity contribution in [2.24, 2.45) is 0 Å². The van der Waals surface area contributed by atoms with Crippen molar-refractivity contribution in [1.29, 1.82) is 0 Å². The lowest BCUT2D eigenvalue weighted by molar-refractivity contribution is 0.0911. The molecular weight excluding hydrogens is 236 g/mol. The van der Waals surface area contributed by atoms with Crippen molar-refractivity contribution in [3.05, 3.63) is 29.3 Å². The SMILES string of the molecule is CCN1CCN(C2CCCc3cc(O)ccc32)CC1. The Hall–Kier alpha value is -1.06. The first-order chi connectivity index (χ1) is 9.28. The molecule has 1 aromatic rings. The third-order valence-electron chi connectivity index (χ3n) is 4.70. The average Bonchev–Trinajstić information content (AvgIpc) is 2.46. The molecule has 2 aliphatic rings. The first-order valence-corrected chi connectivity index (χ1v) is 7.56. The Labute approximate surface area is 115 Å². The fraction of sp³-hybridized carbons (Fsp3) is 0.625. The summed E-state index contributed by atoms with van der Waals surface area (Å²) in [6.07, 6.45) is 3.63. The molecule has 1 aromatic carbocycles. The van der Waals surface area contributed by atoms with Crippen LogP contribution in [0.4, 0.5) is 0 Å². The fourth-order valence-electron chi connectivity index (χ4n) is 3.55. The predicted molar refractivity (Wildman–Crippen MR) is 77.5 cm³/mol. The quantitative estimate of drug-likeness (QED) is 0.884. The molecule has 0 bridgehead atoms. The molecule has 104 valence electrons. The Kier molecular flexibility index (Phi) is 3.76. The van der Waals surface area contributed by atoms with Crippen LogP contribution >= 0.6 is 0 Å². The standard InChI is InChI=1S/C16H24N2O/c1-2-17-8-10-18(11-9-17)16-5-3-4-13-12-14(19)6-7-15(13)16/h6-7,12,16,19H,2-5,8-11H2,1H3. The monoisotopic (exact) mass is 260 g/mol. The normalized spacial score (nSPS) is 25.2. The molecule has 3 rings (SSSR count). The Morgan fingerprint density at radius 3 is 2.74 bits per heavy atom. The van der Waals surface area contributed by atoms with E-state index in [0.717, 1.165) is 6.42 Å². The first kappa shape index (κ1) is 12.9. The van der Waals surface area contributed by atoms with Crippen LogP contribution in [-0.4, -0.2) is 47.6 Å². The molecule has 1 heterocycles. The summed E-state index contributed by atoms with van der Waals surface area (Å²) >= 11 is 0. The Bertz CT molecular complexity index is 438. The highest BCUT2D eigenvalue weighted by Gasteiger charge is 2.28. The Morgan fingerprint density at radius 2 is 2.00 bits per heavy atom. The van der Waals surface area contributed by atoms with Gasteiger partial charge in [0.2, 0.25) is 0 Å². The summed E-state index contributed by atoms with van der Waals surface area (Å²) in [6.45, 7) is 8.16. The lowest BCUT2D eigenvalue weighted by atomic mass is 9.86. The Morgan fingerprint density at radius 1 is 1.21 bits per heavy atom. The van der Waals surface area contributed by atoms with Crippen LogP contribution in [0.15, 0.2) is 18.2 Å². The number of hydrogen-bond acceptors (Lipinski definition) is 3. The van der Waals surface area contributed by atoms with Gasteiger partial charge >= 0.3 is 0 Å². The molecule has 1 fully saturated rings. The van der Waals surface area contributed by atoms with Crippen LogP contribution in [0.5, 0.6) is 5.75 Å². The maximum Gasteiger partial charge on any atom is 0.115 e. The highest BCUT2D eigenvalue weighted by atomic mass is 16.3. The molecule has 1 unspecified atom stereocenters. The number of aromatic hydroxyl groups is 1. The summed E-state index contributed by atoms with van der Waals surface area (Å²) in [5.41, 5.74) is 2.81. The molecule has 0 amide bonds. The van der Waals surface area contributed by atoms with E-state index in [9.17, 15) is 5.11 Å². The van der Waals surface area contributed by atoms with Crippen molar-refractivity contribution in [1.82, 2.24) is 9.80 Å². The van der Waals surface area contributed by atoms with E-state index < -0.39 is 0 Å². The van der Waals surface area contributed by atoms with Crippen molar-refractivity contribution in [2.75, 3.05) is 32.7 Å². The van der Waals surface area contributed by atoms with Crippen LogP contribution in [-0.2, 0) is 6.42 Å². The van der Waals surface area contributed by atoms with Crippen LogP contribution in [0, 0.1) is 0 Å². The first-order valence-electron chi connectivity index (χ1n) is 7.56. The van der Waals surface area contributed by atoms with Crippen LogP contribution in [0.3, 0.4) is 0 Å². The second-order valence-electron chi connectivity index (χ2n) is 5.76. The number of fused-ring (bicyclic) bond motifs is 1. The van der Waals surface area contributed by atoms with Gasteiger partial charge in [0.05, 0.1) is 0 Å². The zero-order valence-corrected chi connectivity index (χ0v) is 11.8. The van der Waals surface area contributed by atoms with Crippen molar-refractivity contribution < 1.29 is 5.11 Å². The number of benzene rings is 1. The van der Waals surface area contributed by atoms with Gasteiger partial charge in [-0.3, -0.25) is 4.90 Å². The van der Waals surface area contributed by atoms with E-state index in [4.69, 9.17) is 0 Å². The minimum absolute atomic E-state index is 0.412. The lowest BCUT2D eigenvalue weighted by Gasteiger charge is -2.41. The molecule has 1 saturated heterocycles. The number of likely N-dealkylation sites (N-methyl/N-ethyl adjacent to an activating group) is 1. The molecular formula is C16H24N2O. The molecule has 3 heteroatoms. The minimum Gasteiger partial charge on any atom is -0.508 e. The number of piperazine rings is 1. The molecule has 0 radical (unpaired) electrons. The van der Waals surface area contributed by atoms with E-state index in [2.05, 4.69) is 22.8 Å². The van der Waals surface area contributed by atoms with Crippen LogP contribution in [0.2, 0.25) is 0 Å². The molecule has 1 aliphatic heterocycles. The number of rotatable bonds is 2. The van der Waals surface area contributed by atoms with E-state index in [1.54, 1.807) is 0 Å². The zero-order chi connectivity index (χ0) is 13.2. The van der Waals surface area contributed by atoms with Gasteiger partial charge in [-0.2, -0.15) is 0 Å². The molecule has 1 atom stereocenters. The van der Waals surface area contributed by atoms with Crippen LogP contribution in [0.25, 0.3) is 0 Å². The summed E-state index contributed by atoms with van der Waals surface area (Å²) < 4.78 is 0. The zero-order valence-electron chi connectivity index (χ0n) is 11.8. The van der Waals surface area contributed by atoms with Gasteiger partial charge in [0, 0.05) is 32.2 Å². The highest BCUT2D eigenvalue weighted by Crippen LogP contribution is 2.36. The van der Waals surface area contributed by atoms with Crippen molar-refractivity contribution >= 4 is 0 Å². The third kappa shape index (κ3) is 2.63. The maximum atomic E-state index is 9.63. The highest BCUT2D eigenvalue weighted by molar-refractivity contribution is 5.38. The topological polar surface area (TPSA) is 26.7 Å². The van der Waals surface area contributed by atoms with E-state index in [-0.39, 0.29) is 0 Å². The van der Waals surface area contributed by atoms with Gasteiger partial charge in [-0.05, 0) is 49.1 Å².